The summed E-state index contributed by atoms with van der Waals surface area (Å²) in [7, 11) is -0.345. The van der Waals surface area contributed by atoms with Crippen LogP contribution >= 0.6 is 0 Å². The van der Waals surface area contributed by atoms with Crippen LogP contribution in [0, 0.1) is 0 Å². The molecule has 11 heteroatoms. The Kier molecular flexibility index (Phi) is 5.26. The van der Waals surface area contributed by atoms with E-state index in [0.717, 1.165) is 5.56 Å². The van der Waals surface area contributed by atoms with Crippen LogP contribution in [-0.2, 0) is 10.2 Å². The minimum Gasteiger partial charge on any atom is -0.415 e. The fourth-order valence-corrected chi connectivity index (χ4v) is 4.10. The maximum atomic E-state index is 12.3. The van der Waals surface area contributed by atoms with Gasteiger partial charge in [-0.15, -0.1) is 10.2 Å². The quantitative estimate of drug-likeness (QED) is 0.610. The van der Waals surface area contributed by atoms with Gasteiger partial charge < -0.3 is 9.32 Å². The first-order valence-corrected chi connectivity index (χ1v) is 10.5. The number of benzene rings is 1. The number of hydrogen-bond acceptors (Lipinski definition) is 8. The highest BCUT2D eigenvalue weighted by atomic mass is 32.2. The van der Waals surface area contributed by atoms with Crippen LogP contribution in [0.5, 0.6) is 0 Å². The van der Waals surface area contributed by atoms with Crippen molar-refractivity contribution in [2.45, 2.75) is 0 Å². The smallest absolute Gasteiger partial charge is 0.281 e. The topological polar surface area (TPSA) is 109 Å². The Hall–Kier alpha value is -2.89. The summed E-state index contributed by atoms with van der Waals surface area (Å²) in [5.41, 5.74) is 1.30. The molecule has 0 spiro atoms. The van der Waals surface area contributed by atoms with E-state index >= 15 is 0 Å². The third-order valence-electron chi connectivity index (χ3n) is 4.64. The second-order valence-electron chi connectivity index (χ2n) is 6.72. The Bertz CT molecular complexity index is 1080. The van der Waals surface area contributed by atoms with Gasteiger partial charge in [-0.05, 0) is 12.1 Å². The first-order chi connectivity index (χ1) is 13.9. The van der Waals surface area contributed by atoms with Gasteiger partial charge in [-0.3, -0.25) is 4.98 Å². The molecule has 0 saturated carbocycles. The van der Waals surface area contributed by atoms with E-state index in [1.54, 1.807) is 12.4 Å². The highest BCUT2D eigenvalue weighted by molar-refractivity contribution is 7.86. The summed E-state index contributed by atoms with van der Waals surface area (Å²) < 4.78 is 33.0. The molecule has 0 N–H and O–H groups in total. The standard InChI is InChI=1S/C18H21N7O3S/c1-23(2)29(26,27)25-10-8-24(9-11-25)16-13-19-12-15(20-16)18-22-21-17(28-18)14-6-4-3-5-7-14/h3-7,12-13H,8-11H2,1-2H3. The number of aromatic nitrogens is 4. The molecule has 0 radical (unpaired) electrons. The average Bonchev–Trinajstić information content (AvgIpc) is 3.25. The van der Waals surface area contributed by atoms with Gasteiger partial charge >= 0.3 is 0 Å². The number of anilines is 1. The van der Waals surface area contributed by atoms with E-state index in [1.165, 1.54) is 22.7 Å². The molecule has 3 heterocycles. The summed E-state index contributed by atoms with van der Waals surface area (Å²) in [4.78, 5) is 10.8. The molecule has 152 valence electrons. The number of nitrogens with zero attached hydrogens (tertiary/aromatic N) is 7. The van der Waals surface area contributed by atoms with E-state index in [4.69, 9.17) is 4.42 Å². The van der Waals surface area contributed by atoms with Gasteiger partial charge in [0.05, 0.1) is 12.4 Å². The van der Waals surface area contributed by atoms with Crippen LogP contribution in [0.4, 0.5) is 5.82 Å². The zero-order valence-corrected chi connectivity index (χ0v) is 16.9. The lowest BCUT2D eigenvalue weighted by Crippen LogP contribution is -2.51. The molecule has 0 unspecified atom stereocenters. The molecule has 3 aromatic rings. The molecule has 0 aliphatic carbocycles. The summed E-state index contributed by atoms with van der Waals surface area (Å²) in [6.45, 7) is 1.80. The summed E-state index contributed by atoms with van der Waals surface area (Å²) in [5.74, 6) is 1.34. The van der Waals surface area contributed by atoms with Crippen LogP contribution in [0.2, 0.25) is 0 Å². The lowest BCUT2D eigenvalue weighted by molar-refractivity contribution is 0.355. The number of rotatable bonds is 5. The first-order valence-electron chi connectivity index (χ1n) is 9.09. The lowest BCUT2D eigenvalue weighted by Gasteiger charge is -2.35. The molecule has 29 heavy (non-hydrogen) atoms. The maximum absolute atomic E-state index is 12.3. The summed E-state index contributed by atoms with van der Waals surface area (Å²) in [6, 6.07) is 9.49. The van der Waals surface area contributed by atoms with Crippen LogP contribution in [0.25, 0.3) is 23.0 Å². The third-order valence-corrected chi connectivity index (χ3v) is 6.58. The van der Waals surface area contributed by atoms with E-state index in [2.05, 4.69) is 20.2 Å². The fraction of sp³-hybridized carbons (Fsp3) is 0.333. The van der Waals surface area contributed by atoms with Crippen molar-refractivity contribution >= 4 is 16.0 Å². The van der Waals surface area contributed by atoms with Gasteiger partial charge in [0.15, 0.2) is 0 Å². The Morgan fingerprint density at radius 1 is 0.966 bits per heavy atom. The average molecular weight is 415 g/mol. The predicted molar refractivity (Wildman–Crippen MR) is 107 cm³/mol. The first kappa shape index (κ1) is 19.4. The van der Waals surface area contributed by atoms with Gasteiger partial charge in [-0.1, -0.05) is 18.2 Å². The SMILES string of the molecule is CN(C)S(=O)(=O)N1CCN(c2cncc(-c3nnc(-c4ccccc4)o3)n2)CC1. The number of piperazine rings is 1. The Morgan fingerprint density at radius 2 is 1.66 bits per heavy atom. The molecular weight excluding hydrogens is 394 g/mol. The van der Waals surface area contributed by atoms with Gasteiger partial charge in [-0.2, -0.15) is 17.0 Å². The Balaban J connectivity index is 1.50. The second kappa shape index (κ2) is 7.85. The van der Waals surface area contributed by atoms with Gasteiger partial charge in [0.1, 0.15) is 11.5 Å². The van der Waals surface area contributed by atoms with Crippen molar-refractivity contribution in [3.63, 3.8) is 0 Å². The van der Waals surface area contributed by atoms with E-state index in [9.17, 15) is 8.42 Å². The van der Waals surface area contributed by atoms with Crippen molar-refractivity contribution in [3.05, 3.63) is 42.7 Å². The monoisotopic (exact) mass is 415 g/mol. The van der Waals surface area contributed by atoms with Crippen LogP contribution < -0.4 is 4.90 Å². The van der Waals surface area contributed by atoms with Crippen molar-refractivity contribution < 1.29 is 12.8 Å². The van der Waals surface area contributed by atoms with Crippen LogP contribution in [0.15, 0.2) is 47.1 Å². The zero-order valence-electron chi connectivity index (χ0n) is 16.1. The molecule has 0 bridgehead atoms. The minimum absolute atomic E-state index is 0.284. The van der Waals surface area contributed by atoms with Crippen LogP contribution in [0.3, 0.4) is 0 Å². The fourth-order valence-electron chi connectivity index (χ4n) is 3.01. The van der Waals surface area contributed by atoms with Crippen molar-refractivity contribution in [3.8, 4) is 23.0 Å². The Labute approximate surface area is 169 Å². The molecule has 2 aromatic heterocycles. The second-order valence-corrected chi connectivity index (χ2v) is 8.86. The molecule has 1 saturated heterocycles. The number of hydrogen-bond donors (Lipinski definition) is 0. The molecule has 4 rings (SSSR count). The summed E-state index contributed by atoms with van der Waals surface area (Å²) in [6.07, 6.45) is 3.21. The van der Waals surface area contributed by atoms with Gasteiger partial charge in [-0.25, -0.2) is 4.98 Å². The molecule has 1 aliphatic rings. The van der Waals surface area contributed by atoms with E-state index in [1.807, 2.05) is 35.2 Å². The largest absolute Gasteiger partial charge is 0.415 e. The van der Waals surface area contributed by atoms with Crippen molar-refractivity contribution in [2.75, 3.05) is 45.2 Å². The summed E-state index contributed by atoms with van der Waals surface area (Å²) in [5, 5.41) is 8.16. The van der Waals surface area contributed by atoms with Gasteiger partial charge in [0.25, 0.3) is 16.1 Å². The highest BCUT2D eigenvalue weighted by Gasteiger charge is 2.29. The molecule has 1 fully saturated rings. The van der Waals surface area contributed by atoms with Crippen LogP contribution in [0.1, 0.15) is 0 Å². The lowest BCUT2D eigenvalue weighted by atomic mass is 10.2. The molecule has 1 aliphatic heterocycles. The molecular formula is C18H21N7O3S. The molecule has 0 amide bonds. The van der Waals surface area contributed by atoms with Gasteiger partial charge in [0.2, 0.25) is 5.89 Å². The maximum Gasteiger partial charge on any atom is 0.281 e. The highest BCUT2D eigenvalue weighted by Crippen LogP contribution is 2.24. The normalized spacial score (nSPS) is 15.8. The van der Waals surface area contributed by atoms with Crippen molar-refractivity contribution in [1.82, 2.24) is 28.8 Å². The van der Waals surface area contributed by atoms with E-state index < -0.39 is 10.2 Å². The van der Waals surface area contributed by atoms with E-state index in [-0.39, 0.29) is 5.89 Å². The zero-order chi connectivity index (χ0) is 20.4. The third kappa shape index (κ3) is 3.97. The minimum atomic E-state index is -3.41. The Morgan fingerprint density at radius 3 is 2.34 bits per heavy atom. The van der Waals surface area contributed by atoms with Crippen LogP contribution in [-0.4, -0.2) is 77.5 Å². The molecule has 10 nitrogen and oxygen atoms in total. The predicted octanol–water partition coefficient (Wildman–Crippen LogP) is 1.12. The molecule has 1 aromatic carbocycles. The van der Waals surface area contributed by atoms with Gasteiger partial charge in [0, 0.05) is 45.8 Å². The van der Waals surface area contributed by atoms with Crippen molar-refractivity contribution in [1.29, 1.82) is 0 Å². The van der Waals surface area contributed by atoms with Crippen molar-refractivity contribution in [2.24, 2.45) is 0 Å². The summed E-state index contributed by atoms with van der Waals surface area (Å²) >= 11 is 0. The molecule has 0 atom stereocenters. The van der Waals surface area contributed by atoms with E-state index in [0.29, 0.717) is 43.6 Å².